The van der Waals surface area contributed by atoms with Crippen LogP contribution in [0.5, 0.6) is 0 Å². The molecule has 1 aromatic carbocycles. The Morgan fingerprint density at radius 1 is 1.13 bits per heavy atom. The van der Waals surface area contributed by atoms with Crippen LogP contribution in [0.15, 0.2) is 46.3 Å². The highest BCUT2D eigenvalue weighted by atomic mass is 32.2. The van der Waals surface area contributed by atoms with Crippen molar-refractivity contribution in [2.75, 3.05) is 24.2 Å². The van der Waals surface area contributed by atoms with E-state index in [4.69, 9.17) is 0 Å². The second kappa shape index (κ2) is 6.51. The summed E-state index contributed by atoms with van der Waals surface area (Å²) in [6.45, 7) is 1.11. The van der Waals surface area contributed by atoms with E-state index in [-0.39, 0.29) is 12.0 Å². The van der Waals surface area contributed by atoms with Gasteiger partial charge in [0.25, 0.3) is 11.5 Å². The van der Waals surface area contributed by atoms with E-state index in [2.05, 4.69) is 9.88 Å². The second-order valence-electron chi connectivity index (χ2n) is 8.51. The highest BCUT2D eigenvalue weighted by Crippen LogP contribution is 2.66. The third kappa shape index (κ3) is 2.84. The van der Waals surface area contributed by atoms with Crippen molar-refractivity contribution >= 4 is 27.4 Å². The van der Waals surface area contributed by atoms with Crippen LogP contribution in [-0.4, -0.2) is 39.0 Å². The van der Waals surface area contributed by atoms with Gasteiger partial charge in [-0.25, -0.2) is 8.78 Å². The van der Waals surface area contributed by atoms with Crippen molar-refractivity contribution in [3.63, 3.8) is 0 Å². The van der Waals surface area contributed by atoms with E-state index >= 15 is 0 Å². The second-order valence-corrected chi connectivity index (χ2v) is 9.89. The van der Waals surface area contributed by atoms with E-state index in [9.17, 15) is 17.8 Å². The summed E-state index contributed by atoms with van der Waals surface area (Å²) in [6, 6.07) is 7.52. The standard InChI is InChI=1S/C22H23F2N3O2S/c1-26-12-17(15-5-8-25-19(15)20(26)28)16-11-14(30(2)29)3-4-18(16)27-9-6-21(7-10-27)13-22(21,23)24/h3-5,8,11-12,25H,6-7,9-10,13H2,1-2H3. The monoisotopic (exact) mass is 431 g/mol. The predicted molar refractivity (Wildman–Crippen MR) is 115 cm³/mol. The summed E-state index contributed by atoms with van der Waals surface area (Å²) in [4.78, 5) is 18.3. The van der Waals surface area contributed by atoms with Crippen LogP contribution in [-0.2, 0) is 17.8 Å². The predicted octanol–water partition coefficient (Wildman–Crippen LogP) is 3.90. The maximum absolute atomic E-state index is 13.8. The number of pyridine rings is 1. The molecular formula is C22H23F2N3O2S. The van der Waals surface area contributed by atoms with Crippen molar-refractivity contribution in [2.45, 2.75) is 30.1 Å². The van der Waals surface area contributed by atoms with Gasteiger partial charge in [-0.15, -0.1) is 0 Å². The van der Waals surface area contributed by atoms with Crippen molar-refractivity contribution in [1.82, 2.24) is 9.55 Å². The number of anilines is 1. The third-order valence-corrected chi connectivity index (χ3v) is 7.67. The van der Waals surface area contributed by atoms with Crippen molar-refractivity contribution in [2.24, 2.45) is 12.5 Å². The zero-order valence-electron chi connectivity index (χ0n) is 16.9. The molecule has 0 radical (unpaired) electrons. The van der Waals surface area contributed by atoms with Gasteiger partial charge in [-0.1, -0.05) is 0 Å². The van der Waals surface area contributed by atoms with Crippen molar-refractivity contribution < 1.29 is 13.0 Å². The van der Waals surface area contributed by atoms with E-state index < -0.39 is 22.1 Å². The summed E-state index contributed by atoms with van der Waals surface area (Å²) in [5.41, 5.74) is 2.21. The molecule has 1 saturated carbocycles. The summed E-state index contributed by atoms with van der Waals surface area (Å²) >= 11 is 0. The van der Waals surface area contributed by atoms with E-state index in [0.29, 0.717) is 36.3 Å². The number of fused-ring (bicyclic) bond motifs is 1. The van der Waals surface area contributed by atoms with Gasteiger partial charge in [0, 0.05) is 88.5 Å². The summed E-state index contributed by atoms with van der Waals surface area (Å²) in [5.74, 6) is -2.53. The van der Waals surface area contributed by atoms with Crippen LogP contribution >= 0.6 is 0 Å². The van der Waals surface area contributed by atoms with Gasteiger partial charge < -0.3 is 14.5 Å². The van der Waals surface area contributed by atoms with Gasteiger partial charge in [0.1, 0.15) is 5.52 Å². The minimum Gasteiger partial charge on any atom is -0.371 e. The Morgan fingerprint density at radius 3 is 2.47 bits per heavy atom. The summed E-state index contributed by atoms with van der Waals surface area (Å²) in [7, 11) is 0.535. The van der Waals surface area contributed by atoms with Gasteiger partial charge >= 0.3 is 0 Å². The average Bonchev–Trinajstić information content (AvgIpc) is 3.06. The molecule has 5 rings (SSSR count). The highest BCUT2D eigenvalue weighted by molar-refractivity contribution is 7.84. The van der Waals surface area contributed by atoms with Gasteiger partial charge in [-0.05, 0) is 37.1 Å². The number of nitrogens with zero attached hydrogens (tertiary/aromatic N) is 2. The number of hydrogen-bond acceptors (Lipinski definition) is 3. The fourth-order valence-electron chi connectivity index (χ4n) is 4.77. The molecule has 2 aromatic heterocycles. The van der Waals surface area contributed by atoms with Gasteiger partial charge in [0.15, 0.2) is 0 Å². The number of aromatic amines is 1. The Hall–Kier alpha value is -2.48. The van der Waals surface area contributed by atoms with Crippen LogP contribution < -0.4 is 10.5 Å². The fraction of sp³-hybridized carbons (Fsp3) is 0.409. The first-order valence-electron chi connectivity index (χ1n) is 10.00. The zero-order chi connectivity index (χ0) is 21.3. The first kappa shape index (κ1) is 19.5. The number of halogens is 2. The SMILES string of the molecule is Cn1cc(-c2cc(S(C)=O)ccc2N2CCC3(CC2)CC3(F)F)c2cc[nH]c2c1=O. The first-order valence-corrected chi connectivity index (χ1v) is 11.6. The maximum Gasteiger partial charge on any atom is 0.274 e. The largest absolute Gasteiger partial charge is 0.371 e. The van der Waals surface area contributed by atoms with Crippen LogP contribution in [0.1, 0.15) is 19.3 Å². The lowest BCUT2D eigenvalue weighted by molar-refractivity contribution is 0.0537. The lowest BCUT2D eigenvalue weighted by Crippen LogP contribution is -2.36. The number of rotatable bonds is 3. The molecule has 3 heterocycles. The lowest BCUT2D eigenvalue weighted by Gasteiger charge is -2.35. The molecule has 2 fully saturated rings. The van der Waals surface area contributed by atoms with E-state index in [0.717, 1.165) is 22.2 Å². The molecule has 0 bridgehead atoms. The quantitative estimate of drug-likeness (QED) is 0.684. The molecule has 1 aliphatic carbocycles. The van der Waals surface area contributed by atoms with Crippen LogP contribution in [0, 0.1) is 5.41 Å². The average molecular weight is 432 g/mol. The minimum absolute atomic E-state index is 0.000773. The zero-order valence-corrected chi connectivity index (χ0v) is 17.7. The normalized spacial score (nSPS) is 20.6. The van der Waals surface area contributed by atoms with E-state index in [1.807, 2.05) is 24.3 Å². The van der Waals surface area contributed by atoms with Crippen molar-refractivity contribution in [3.05, 3.63) is 47.0 Å². The molecule has 8 heteroatoms. The number of H-pyrrole nitrogens is 1. The Balaban J connectivity index is 1.63. The van der Waals surface area contributed by atoms with Gasteiger partial charge in [0.05, 0.1) is 0 Å². The Labute approximate surface area is 175 Å². The molecule has 2 aliphatic rings. The summed E-state index contributed by atoms with van der Waals surface area (Å²) < 4.78 is 41.3. The first-order chi connectivity index (χ1) is 14.2. The Bertz CT molecular complexity index is 1240. The Kier molecular flexibility index (Phi) is 4.23. The number of nitrogens with one attached hydrogen (secondary N) is 1. The number of aromatic nitrogens is 2. The number of piperidine rings is 1. The molecule has 1 N–H and O–H groups in total. The van der Waals surface area contributed by atoms with Crippen molar-refractivity contribution in [1.29, 1.82) is 0 Å². The number of hydrogen-bond donors (Lipinski definition) is 1. The molecule has 5 nitrogen and oxygen atoms in total. The Morgan fingerprint density at radius 2 is 1.83 bits per heavy atom. The van der Waals surface area contributed by atoms with Crippen LogP contribution in [0.4, 0.5) is 14.5 Å². The molecule has 1 saturated heterocycles. The molecule has 1 atom stereocenters. The molecule has 1 spiro atoms. The fourth-order valence-corrected chi connectivity index (χ4v) is 5.31. The topological polar surface area (TPSA) is 58.1 Å². The maximum atomic E-state index is 13.8. The molecule has 1 aliphatic heterocycles. The van der Waals surface area contributed by atoms with Gasteiger partial charge in [-0.3, -0.25) is 9.00 Å². The smallest absolute Gasteiger partial charge is 0.274 e. The van der Waals surface area contributed by atoms with Crippen LogP contribution in [0.3, 0.4) is 0 Å². The van der Waals surface area contributed by atoms with E-state index in [1.54, 1.807) is 25.7 Å². The van der Waals surface area contributed by atoms with Crippen LogP contribution in [0.25, 0.3) is 22.0 Å². The number of alkyl halides is 2. The van der Waals surface area contributed by atoms with Gasteiger partial charge in [0.2, 0.25) is 0 Å². The molecule has 158 valence electrons. The minimum atomic E-state index is -2.53. The lowest BCUT2D eigenvalue weighted by atomic mass is 9.91. The van der Waals surface area contributed by atoms with Crippen molar-refractivity contribution in [3.8, 4) is 11.1 Å². The third-order valence-electron chi connectivity index (χ3n) is 6.76. The van der Waals surface area contributed by atoms with Crippen LogP contribution in [0.2, 0.25) is 0 Å². The molecule has 30 heavy (non-hydrogen) atoms. The van der Waals surface area contributed by atoms with E-state index in [1.165, 1.54) is 4.57 Å². The summed E-state index contributed by atoms with van der Waals surface area (Å²) in [5, 5.41) is 0.792. The molecule has 0 amide bonds. The summed E-state index contributed by atoms with van der Waals surface area (Å²) in [6.07, 6.45) is 6.09. The highest BCUT2D eigenvalue weighted by Gasteiger charge is 2.70. The molecule has 1 unspecified atom stereocenters. The number of aryl methyl sites for hydroxylation is 1. The molecular weight excluding hydrogens is 408 g/mol. The van der Waals surface area contributed by atoms with Gasteiger partial charge in [-0.2, -0.15) is 0 Å². The number of benzene rings is 1. The molecule has 3 aromatic rings.